The molecule has 3 aromatic heterocycles. The van der Waals surface area contributed by atoms with Crippen LogP contribution in [0, 0.1) is 5.41 Å². The van der Waals surface area contributed by atoms with Crippen molar-refractivity contribution >= 4 is 44.7 Å². The number of rotatable bonds is 14. The minimum atomic E-state index is -0.653. The minimum absolute atomic E-state index is 0.0106. The van der Waals surface area contributed by atoms with Crippen LogP contribution in [0.1, 0.15) is 153 Å². The highest BCUT2D eigenvalue weighted by atomic mass is 35.5. The maximum atomic E-state index is 12.4. The van der Waals surface area contributed by atoms with E-state index >= 15 is 0 Å². The summed E-state index contributed by atoms with van der Waals surface area (Å²) in [5.41, 5.74) is 12.4. The Bertz CT molecular complexity index is 4240. The normalized spacial score (nSPS) is 13.0. The molecule has 0 unspecified atom stereocenters. The van der Waals surface area contributed by atoms with Crippen molar-refractivity contribution in [3.63, 3.8) is 0 Å². The second-order valence-corrected chi connectivity index (χ2v) is 28.0. The molecule has 0 radical (unpaired) electrons. The molecular formula is C71H76ClN9O3. The molecule has 3 heterocycles. The number of hydrogen-bond donors (Lipinski definition) is 3. The monoisotopic (exact) mass is 1140 g/mol. The molecule has 8 aromatic carbocycles. The number of hydrogen-bond acceptors (Lipinski definition) is 9. The Morgan fingerprint density at radius 1 is 0.417 bits per heavy atom. The summed E-state index contributed by atoms with van der Waals surface area (Å²) in [6, 6.07) is 50.6. The zero-order valence-electron chi connectivity index (χ0n) is 50.8. The van der Waals surface area contributed by atoms with Gasteiger partial charge in [0.05, 0.1) is 6.54 Å². The SMILES string of the molecule is CC(C)(C)CC(C)(C)c1cc(Cn2nc3ccccc3n2)c(O)c(-c2cc(Cl)cc3nn(-c4cc(C(C)(C)Cc5ccc(C(C)(C)c6cc(C(C)(C)c7ccccc7)cc(-n7nc8ccccc8n7)c6O)cc5)cc(C(C)(C)C)c4O)nc23)c1. The summed E-state index contributed by atoms with van der Waals surface area (Å²) in [6.07, 6.45) is 1.54. The minimum Gasteiger partial charge on any atom is -0.507 e. The van der Waals surface area contributed by atoms with E-state index in [2.05, 4.69) is 170 Å². The number of aromatic hydroxyl groups is 3. The molecule has 84 heavy (non-hydrogen) atoms. The van der Waals surface area contributed by atoms with Gasteiger partial charge in [0.1, 0.15) is 61.7 Å². The lowest BCUT2D eigenvalue weighted by atomic mass is 9.71. The molecule has 0 saturated carbocycles. The van der Waals surface area contributed by atoms with Crippen LogP contribution in [-0.4, -0.2) is 60.3 Å². The Balaban J connectivity index is 0.956. The maximum absolute atomic E-state index is 12.4. The van der Waals surface area contributed by atoms with Crippen LogP contribution < -0.4 is 0 Å². The molecular weight excluding hydrogens is 1060 g/mol. The van der Waals surface area contributed by atoms with Crippen LogP contribution in [0.5, 0.6) is 17.2 Å². The number of halogens is 1. The fourth-order valence-corrected chi connectivity index (χ4v) is 12.6. The van der Waals surface area contributed by atoms with E-state index in [-0.39, 0.29) is 34.6 Å². The van der Waals surface area contributed by atoms with Gasteiger partial charge in [0.15, 0.2) is 0 Å². The third-order valence-corrected chi connectivity index (χ3v) is 17.2. The van der Waals surface area contributed by atoms with Gasteiger partial charge in [0, 0.05) is 43.7 Å². The van der Waals surface area contributed by atoms with Gasteiger partial charge in [-0.05, 0) is 129 Å². The average molecular weight is 1140 g/mol. The van der Waals surface area contributed by atoms with Gasteiger partial charge >= 0.3 is 0 Å². The molecule has 430 valence electrons. The molecule has 0 saturated heterocycles. The number of phenolic OH excluding ortho intramolecular Hbond substituents is 3. The number of fused-ring (bicyclic) bond motifs is 3. The topological polar surface area (TPSA) is 153 Å². The molecule has 11 aromatic rings. The molecule has 12 nitrogen and oxygen atoms in total. The molecule has 0 atom stereocenters. The highest BCUT2D eigenvalue weighted by molar-refractivity contribution is 6.31. The number of benzene rings is 8. The van der Waals surface area contributed by atoms with Crippen LogP contribution in [0.2, 0.25) is 5.02 Å². The Labute approximate surface area is 497 Å². The summed E-state index contributed by atoms with van der Waals surface area (Å²) >= 11 is 7.00. The highest BCUT2D eigenvalue weighted by Crippen LogP contribution is 2.47. The van der Waals surface area contributed by atoms with Gasteiger partial charge in [-0.2, -0.15) is 15.0 Å². The summed E-state index contributed by atoms with van der Waals surface area (Å²) in [5.74, 6) is 0.278. The first kappa shape index (κ1) is 57.5. The first-order valence-electron chi connectivity index (χ1n) is 28.9. The van der Waals surface area contributed by atoms with Gasteiger partial charge < -0.3 is 15.3 Å². The lowest BCUT2D eigenvalue weighted by Crippen LogP contribution is -2.25. The number of aromatic nitrogens is 9. The van der Waals surface area contributed by atoms with Crippen molar-refractivity contribution in [1.82, 2.24) is 45.0 Å². The molecule has 11 rings (SSSR count). The van der Waals surface area contributed by atoms with Crippen molar-refractivity contribution in [3.05, 3.63) is 207 Å². The molecule has 0 bridgehead atoms. The van der Waals surface area contributed by atoms with Crippen LogP contribution in [0.15, 0.2) is 152 Å². The third kappa shape index (κ3) is 10.9. The van der Waals surface area contributed by atoms with E-state index in [0.717, 1.165) is 73.0 Å². The largest absolute Gasteiger partial charge is 0.507 e. The zero-order valence-corrected chi connectivity index (χ0v) is 51.6. The summed E-state index contributed by atoms with van der Waals surface area (Å²) in [6.45, 7) is 30.9. The maximum Gasteiger partial charge on any atom is 0.147 e. The predicted molar refractivity (Wildman–Crippen MR) is 339 cm³/mol. The summed E-state index contributed by atoms with van der Waals surface area (Å²) in [5, 5.41) is 67.0. The molecule has 13 heteroatoms. The lowest BCUT2D eigenvalue weighted by molar-refractivity contribution is 0.284. The lowest BCUT2D eigenvalue weighted by Gasteiger charge is -2.34. The Hall–Kier alpha value is -8.35. The highest BCUT2D eigenvalue weighted by Gasteiger charge is 2.35. The standard InChI is InChI=1S/C71H76ClN9O3/c1-66(2,3)42-69(9,10)47-32-44(41-79-73-55-24-18-19-25-56(55)74-79)63(82)52(33-47)51-38-50(72)39-59-62(51)78-81(77-59)60-36-48(34-53(64(60)83)67(4,5)6)68(7,8)40-43-28-30-46(31-29-43)71(13,14)54-35-49(70(11,12)45-22-16-15-17-23-45)37-61(65(54)84)80-75-57-26-20-21-27-58(57)76-80/h15-39,82-84H,40-42H2,1-14H3. The fraction of sp³-hybridized carbons (Fsp3) is 0.324. The van der Waals surface area contributed by atoms with Crippen LogP contribution in [-0.2, 0) is 40.0 Å². The molecule has 0 aliphatic heterocycles. The van der Waals surface area contributed by atoms with E-state index in [0.29, 0.717) is 50.5 Å². The molecule has 0 amide bonds. The van der Waals surface area contributed by atoms with E-state index in [4.69, 9.17) is 42.2 Å². The van der Waals surface area contributed by atoms with Crippen molar-refractivity contribution in [2.24, 2.45) is 5.41 Å². The fourth-order valence-electron chi connectivity index (χ4n) is 12.4. The van der Waals surface area contributed by atoms with Crippen molar-refractivity contribution < 1.29 is 15.3 Å². The number of phenols is 3. The van der Waals surface area contributed by atoms with Crippen LogP contribution in [0.4, 0.5) is 0 Å². The van der Waals surface area contributed by atoms with Crippen molar-refractivity contribution in [2.75, 3.05) is 0 Å². The van der Waals surface area contributed by atoms with E-state index in [1.807, 2.05) is 72.8 Å². The Morgan fingerprint density at radius 3 is 1.50 bits per heavy atom. The van der Waals surface area contributed by atoms with Gasteiger partial charge in [-0.3, -0.25) is 0 Å². The predicted octanol–water partition coefficient (Wildman–Crippen LogP) is 16.6. The molecule has 0 aliphatic carbocycles. The second kappa shape index (κ2) is 20.8. The summed E-state index contributed by atoms with van der Waals surface area (Å²) in [7, 11) is 0. The Kier molecular flexibility index (Phi) is 14.2. The van der Waals surface area contributed by atoms with E-state index in [9.17, 15) is 15.3 Å². The van der Waals surface area contributed by atoms with Crippen LogP contribution in [0.3, 0.4) is 0 Å². The summed E-state index contributed by atoms with van der Waals surface area (Å²) in [4.78, 5) is 4.71. The van der Waals surface area contributed by atoms with Gasteiger partial charge in [-0.15, -0.1) is 30.0 Å². The van der Waals surface area contributed by atoms with E-state index in [1.54, 1.807) is 15.7 Å². The van der Waals surface area contributed by atoms with Gasteiger partial charge in [-0.25, -0.2) is 0 Å². The smallest absolute Gasteiger partial charge is 0.147 e. The van der Waals surface area contributed by atoms with Gasteiger partial charge in [-0.1, -0.05) is 200 Å². The molecule has 3 N–H and O–H groups in total. The van der Waals surface area contributed by atoms with Gasteiger partial charge in [0.25, 0.3) is 0 Å². The van der Waals surface area contributed by atoms with Crippen molar-refractivity contribution in [3.8, 4) is 39.8 Å². The quantitative estimate of drug-likeness (QED) is 0.0966. The Morgan fingerprint density at radius 2 is 0.917 bits per heavy atom. The second-order valence-electron chi connectivity index (χ2n) is 27.6. The van der Waals surface area contributed by atoms with E-state index < -0.39 is 21.7 Å². The zero-order chi connectivity index (χ0) is 60.1. The number of nitrogens with zero attached hydrogens (tertiary/aromatic N) is 9. The van der Waals surface area contributed by atoms with Gasteiger partial charge in [0.2, 0.25) is 0 Å². The molecule has 0 aliphatic rings. The third-order valence-electron chi connectivity index (χ3n) is 17.0. The first-order valence-corrected chi connectivity index (χ1v) is 29.3. The summed E-state index contributed by atoms with van der Waals surface area (Å²) < 4.78 is 0. The average Bonchev–Trinajstić information content (AvgIpc) is 1.69. The van der Waals surface area contributed by atoms with Crippen molar-refractivity contribution in [1.29, 1.82) is 0 Å². The van der Waals surface area contributed by atoms with Crippen molar-refractivity contribution in [2.45, 2.75) is 143 Å². The molecule has 0 spiro atoms. The first-order chi connectivity index (χ1) is 39.5. The van der Waals surface area contributed by atoms with Crippen LogP contribution in [0.25, 0.3) is 55.6 Å². The van der Waals surface area contributed by atoms with Crippen LogP contribution >= 0.6 is 11.6 Å². The molecule has 0 fully saturated rings. The van der Waals surface area contributed by atoms with E-state index in [1.165, 1.54) is 4.80 Å².